The molecular weight excluding hydrogens is 312 g/mol. The Morgan fingerprint density at radius 2 is 2.19 bits per heavy atom. The molecule has 6 nitrogen and oxygen atoms in total. The Hall–Kier alpha value is -1.77. The Balaban J connectivity index is 2.30. The first-order valence-corrected chi connectivity index (χ1v) is 8.30. The van der Waals surface area contributed by atoms with E-state index in [9.17, 15) is 13.2 Å². The first-order valence-electron chi connectivity index (χ1n) is 5.98. The van der Waals surface area contributed by atoms with Crippen LogP contribution in [0, 0.1) is 0 Å². The minimum Gasteiger partial charge on any atom is -0.465 e. The lowest BCUT2D eigenvalue weighted by Gasteiger charge is -2.17. The van der Waals surface area contributed by atoms with E-state index in [1.54, 1.807) is 29.9 Å². The largest absolute Gasteiger partial charge is 0.465 e. The summed E-state index contributed by atoms with van der Waals surface area (Å²) in [6.07, 6.45) is 3.22. The molecule has 112 valence electrons. The summed E-state index contributed by atoms with van der Waals surface area (Å²) in [7, 11) is -1.09. The van der Waals surface area contributed by atoms with Crippen molar-refractivity contribution in [2.24, 2.45) is 0 Å². The van der Waals surface area contributed by atoms with Crippen molar-refractivity contribution < 1.29 is 17.9 Å². The van der Waals surface area contributed by atoms with Crippen LogP contribution in [0.4, 0.5) is 0 Å². The minimum absolute atomic E-state index is 0.0364. The molecule has 0 N–H and O–H groups in total. The number of sulfonamides is 1. The number of methoxy groups -OCH3 is 1. The van der Waals surface area contributed by atoms with Gasteiger partial charge < -0.3 is 4.74 Å². The predicted molar refractivity (Wildman–Crippen MR) is 78.5 cm³/mol. The van der Waals surface area contributed by atoms with Crippen LogP contribution in [0.15, 0.2) is 40.9 Å². The van der Waals surface area contributed by atoms with Crippen LogP contribution in [0.5, 0.6) is 0 Å². The molecule has 0 fully saturated rings. The number of hydrogen-bond acceptors (Lipinski definition) is 6. The average molecular weight is 326 g/mol. The molecular formula is C13H14N2O4S2. The zero-order valence-corrected chi connectivity index (χ0v) is 13.1. The van der Waals surface area contributed by atoms with Crippen molar-refractivity contribution in [2.75, 3.05) is 14.2 Å². The van der Waals surface area contributed by atoms with E-state index >= 15 is 0 Å². The summed E-state index contributed by atoms with van der Waals surface area (Å²) in [5.74, 6) is -0.654. The quantitative estimate of drug-likeness (QED) is 0.782. The van der Waals surface area contributed by atoms with Gasteiger partial charge in [-0.25, -0.2) is 13.2 Å². The van der Waals surface area contributed by atoms with Gasteiger partial charge in [-0.15, -0.1) is 11.3 Å². The summed E-state index contributed by atoms with van der Waals surface area (Å²) in [5.41, 5.74) is 0.762. The first-order chi connectivity index (χ1) is 9.96. The average Bonchev–Trinajstić information content (AvgIpc) is 2.97. The number of nitrogens with zero attached hydrogens (tertiary/aromatic N) is 2. The Kier molecular flexibility index (Phi) is 4.71. The van der Waals surface area contributed by atoms with Crippen molar-refractivity contribution >= 4 is 27.3 Å². The van der Waals surface area contributed by atoms with Crippen LogP contribution in [0.25, 0.3) is 0 Å². The number of rotatable bonds is 5. The summed E-state index contributed by atoms with van der Waals surface area (Å²) in [5, 5.41) is 1.55. The smallest absolute Gasteiger partial charge is 0.349 e. The maximum atomic E-state index is 12.5. The number of carbonyl (C=O) groups excluding carboxylic acids is 1. The van der Waals surface area contributed by atoms with Gasteiger partial charge in [-0.2, -0.15) is 4.31 Å². The van der Waals surface area contributed by atoms with Crippen LogP contribution in [0.2, 0.25) is 0 Å². The predicted octanol–water partition coefficient (Wildman–Crippen LogP) is 1.75. The van der Waals surface area contributed by atoms with Crippen LogP contribution in [-0.4, -0.2) is 37.8 Å². The third kappa shape index (κ3) is 3.29. The molecule has 0 radical (unpaired) electrons. The second-order valence-electron chi connectivity index (χ2n) is 4.23. The molecule has 8 heteroatoms. The monoisotopic (exact) mass is 326 g/mol. The molecule has 0 aliphatic rings. The topological polar surface area (TPSA) is 76.6 Å². The summed E-state index contributed by atoms with van der Waals surface area (Å²) < 4.78 is 30.9. The number of esters is 1. The molecule has 2 rings (SSSR count). The first kappa shape index (κ1) is 15.6. The van der Waals surface area contributed by atoms with Crippen LogP contribution in [0.3, 0.4) is 0 Å². The zero-order chi connectivity index (χ0) is 15.5. The molecule has 0 atom stereocenters. The summed E-state index contributed by atoms with van der Waals surface area (Å²) in [6.45, 7) is 0.173. The lowest BCUT2D eigenvalue weighted by atomic mass is 10.3. The number of carbonyl (C=O) groups is 1. The fourth-order valence-electron chi connectivity index (χ4n) is 1.74. The minimum atomic E-state index is -3.76. The van der Waals surface area contributed by atoms with E-state index in [2.05, 4.69) is 9.72 Å². The van der Waals surface area contributed by atoms with E-state index in [1.807, 2.05) is 0 Å². The van der Waals surface area contributed by atoms with Gasteiger partial charge in [0.2, 0.25) is 10.0 Å². The van der Waals surface area contributed by atoms with Gasteiger partial charge in [0.15, 0.2) is 0 Å². The number of hydrogen-bond donors (Lipinski definition) is 0. The van der Waals surface area contributed by atoms with Gasteiger partial charge in [-0.3, -0.25) is 4.98 Å². The zero-order valence-electron chi connectivity index (χ0n) is 11.5. The molecule has 2 heterocycles. The van der Waals surface area contributed by atoms with E-state index in [4.69, 9.17) is 0 Å². The highest BCUT2D eigenvalue weighted by Crippen LogP contribution is 2.26. The summed E-state index contributed by atoms with van der Waals surface area (Å²) >= 11 is 1.04. The van der Waals surface area contributed by atoms with Gasteiger partial charge in [0.25, 0.3) is 0 Å². The van der Waals surface area contributed by atoms with Gasteiger partial charge in [-0.05, 0) is 23.1 Å². The molecule has 0 spiro atoms. The molecule has 0 saturated heterocycles. The molecule has 0 aliphatic carbocycles. The molecule has 0 amide bonds. The van der Waals surface area contributed by atoms with E-state index in [0.717, 1.165) is 16.9 Å². The van der Waals surface area contributed by atoms with Crippen LogP contribution >= 0.6 is 11.3 Å². The fraction of sp³-hybridized carbons (Fsp3) is 0.231. The third-order valence-corrected chi connectivity index (χ3v) is 5.69. The maximum Gasteiger partial charge on any atom is 0.349 e. The van der Waals surface area contributed by atoms with Crippen molar-refractivity contribution in [3.05, 3.63) is 46.4 Å². The van der Waals surface area contributed by atoms with Crippen molar-refractivity contribution in [1.29, 1.82) is 0 Å². The Bertz CT molecular complexity index is 726. The molecule has 0 aromatic carbocycles. The van der Waals surface area contributed by atoms with Gasteiger partial charge in [0.05, 0.1) is 7.11 Å². The second-order valence-corrected chi connectivity index (χ2v) is 7.16. The number of ether oxygens (including phenoxy) is 1. The number of thiophene rings is 1. The van der Waals surface area contributed by atoms with Gasteiger partial charge in [0, 0.05) is 26.0 Å². The van der Waals surface area contributed by atoms with Crippen LogP contribution in [0.1, 0.15) is 15.2 Å². The highest BCUT2D eigenvalue weighted by Gasteiger charge is 2.28. The van der Waals surface area contributed by atoms with E-state index < -0.39 is 16.0 Å². The third-order valence-electron chi connectivity index (χ3n) is 2.82. The van der Waals surface area contributed by atoms with Gasteiger partial charge in [-0.1, -0.05) is 6.07 Å². The number of aromatic nitrogens is 1. The summed E-state index contributed by atoms with van der Waals surface area (Å²) in [6, 6.07) is 4.93. The van der Waals surface area contributed by atoms with Crippen molar-refractivity contribution in [3.8, 4) is 0 Å². The second kappa shape index (κ2) is 6.33. The SMILES string of the molecule is COC(=O)c1sccc1S(=O)(=O)N(C)Cc1cccnc1. The normalized spacial score (nSPS) is 11.6. The molecule has 0 unspecified atom stereocenters. The van der Waals surface area contributed by atoms with E-state index in [-0.39, 0.29) is 16.3 Å². The van der Waals surface area contributed by atoms with Crippen molar-refractivity contribution in [1.82, 2.24) is 9.29 Å². The lowest BCUT2D eigenvalue weighted by Crippen LogP contribution is -2.27. The van der Waals surface area contributed by atoms with Gasteiger partial charge >= 0.3 is 5.97 Å². The van der Waals surface area contributed by atoms with Crippen molar-refractivity contribution in [3.63, 3.8) is 0 Å². The summed E-state index contributed by atoms with van der Waals surface area (Å²) in [4.78, 5) is 15.6. The van der Waals surface area contributed by atoms with E-state index in [1.165, 1.54) is 24.5 Å². The maximum absolute atomic E-state index is 12.5. The molecule has 2 aromatic rings. The molecule has 21 heavy (non-hydrogen) atoms. The number of pyridine rings is 1. The van der Waals surface area contributed by atoms with Crippen LogP contribution < -0.4 is 0 Å². The Labute approximate surface area is 127 Å². The highest BCUT2D eigenvalue weighted by atomic mass is 32.2. The standard InChI is InChI=1S/C13H14N2O4S2/c1-15(9-10-4-3-6-14-8-10)21(17,18)11-5-7-20-12(11)13(16)19-2/h3-8H,9H2,1-2H3. The molecule has 2 aromatic heterocycles. The fourth-order valence-corrected chi connectivity index (χ4v) is 4.21. The van der Waals surface area contributed by atoms with Gasteiger partial charge in [0.1, 0.15) is 9.77 Å². The van der Waals surface area contributed by atoms with Crippen molar-refractivity contribution in [2.45, 2.75) is 11.4 Å². The molecule has 0 bridgehead atoms. The molecule has 0 saturated carbocycles. The van der Waals surface area contributed by atoms with Crippen LogP contribution in [-0.2, 0) is 21.3 Å². The highest BCUT2D eigenvalue weighted by molar-refractivity contribution is 7.89. The Morgan fingerprint density at radius 3 is 2.81 bits per heavy atom. The van der Waals surface area contributed by atoms with E-state index in [0.29, 0.717) is 0 Å². The molecule has 0 aliphatic heterocycles. The lowest BCUT2D eigenvalue weighted by molar-refractivity contribution is 0.0602. The Morgan fingerprint density at radius 1 is 1.43 bits per heavy atom.